The second kappa shape index (κ2) is 7.42. The third-order valence-electron chi connectivity index (χ3n) is 2.88. The first-order valence-corrected chi connectivity index (χ1v) is 6.97. The Morgan fingerprint density at radius 3 is 2.44 bits per heavy atom. The zero-order chi connectivity index (χ0) is 13.5. The predicted molar refractivity (Wildman–Crippen MR) is 78.5 cm³/mol. The van der Waals surface area contributed by atoms with Gasteiger partial charge in [0.15, 0.2) is 0 Å². The minimum absolute atomic E-state index is 0.551. The van der Waals surface area contributed by atoms with Crippen LogP contribution < -0.4 is 10.1 Å². The third-order valence-corrected chi connectivity index (χ3v) is 2.88. The van der Waals surface area contributed by atoms with Gasteiger partial charge in [0.05, 0.1) is 6.61 Å². The Morgan fingerprint density at radius 1 is 1.11 bits per heavy atom. The molecule has 0 saturated carbocycles. The Balaban J connectivity index is 2.42. The number of rotatable bonds is 7. The zero-order valence-corrected chi connectivity index (χ0v) is 12.4. The SMILES string of the molecule is Cc1cc(OCCCNC(C)C)cc(C(C)C)c1. The van der Waals surface area contributed by atoms with E-state index in [0.717, 1.165) is 25.3 Å². The van der Waals surface area contributed by atoms with Gasteiger partial charge in [-0.2, -0.15) is 0 Å². The minimum atomic E-state index is 0.551. The first kappa shape index (κ1) is 15.0. The van der Waals surface area contributed by atoms with Gasteiger partial charge in [0, 0.05) is 6.04 Å². The van der Waals surface area contributed by atoms with Gasteiger partial charge in [-0.05, 0) is 49.1 Å². The largest absolute Gasteiger partial charge is 0.494 e. The Labute approximate surface area is 112 Å². The van der Waals surface area contributed by atoms with Crippen molar-refractivity contribution in [2.24, 2.45) is 0 Å². The van der Waals surface area contributed by atoms with E-state index in [2.05, 4.69) is 58.1 Å². The molecule has 0 radical (unpaired) electrons. The molecule has 0 aliphatic rings. The quantitative estimate of drug-likeness (QED) is 0.740. The Morgan fingerprint density at radius 2 is 1.83 bits per heavy atom. The number of aryl methyl sites for hydroxylation is 1. The summed E-state index contributed by atoms with van der Waals surface area (Å²) >= 11 is 0. The molecule has 0 heterocycles. The van der Waals surface area contributed by atoms with Crippen LogP contribution in [0.3, 0.4) is 0 Å². The van der Waals surface area contributed by atoms with E-state index in [9.17, 15) is 0 Å². The van der Waals surface area contributed by atoms with Crippen LogP contribution in [-0.4, -0.2) is 19.2 Å². The van der Waals surface area contributed by atoms with Crippen molar-refractivity contribution in [1.29, 1.82) is 0 Å². The van der Waals surface area contributed by atoms with E-state index >= 15 is 0 Å². The molecule has 102 valence electrons. The van der Waals surface area contributed by atoms with E-state index in [4.69, 9.17) is 4.74 Å². The maximum Gasteiger partial charge on any atom is 0.119 e. The number of benzene rings is 1. The molecular formula is C16H27NO. The lowest BCUT2D eigenvalue weighted by Crippen LogP contribution is -2.24. The molecule has 1 aromatic rings. The Kier molecular flexibility index (Phi) is 6.20. The van der Waals surface area contributed by atoms with Gasteiger partial charge >= 0.3 is 0 Å². The standard InChI is InChI=1S/C16H27NO/c1-12(2)15-9-14(5)10-16(11-15)18-8-6-7-17-13(3)4/h9-13,17H,6-8H2,1-5H3. The van der Waals surface area contributed by atoms with E-state index in [1.165, 1.54) is 11.1 Å². The van der Waals surface area contributed by atoms with Crippen LogP contribution in [0.4, 0.5) is 0 Å². The molecule has 0 atom stereocenters. The number of nitrogens with one attached hydrogen (secondary N) is 1. The fourth-order valence-electron chi connectivity index (χ4n) is 1.85. The highest BCUT2D eigenvalue weighted by atomic mass is 16.5. The summed E-state index contributed by atoms with van der Waals surface area (Å²) in [5.41, 5.74) is 2.63. The van der Waals surface area contributed by atoms with Crippen molar-refractivity contribution in [1.82, 2.24) is 5.32 Å². The molecule has 0 fully saturated rings. The first-order chi connectivity index (χ1) is 8.49. The summed E-state index contributed by atoms with van der Waals surface area (Å²) in [5, 5.41) is 3.39. The van der Waals surface area contributed by atoms with Crippen LogP contribution in [0.25, 0.3) is 0 Å². The summed E-state index contributed by atoms with van der Waals surface area (Å²) in [6.45, 7) is 12.7. The van der Waals surface area contributed by atoms with Crippen LogP contribution in [0, 0.1) is 6.92 Å². The minimum Gasteiger partial charge on any atom is -0.494 e. The second-order valence-corrected chi connectivity index (χ2v) is 5.54. The molecule has 1 aromatic carbocycles. The molecule has 0 unspecified atom stereocenters. The monoisotopic (exact) mass is 249 g/mol. The first-order valence-electron chi connectivity index (χ1n) is 6.97. The highest BCUT2D eigenvalue weighted by Crippen LogP contribution is 2.22. The molecule has 1 N–H and O–H groups in total. The average molecular weight is 249 g/mol. The molecule has 18 heavy (non-hydrogen) atoms. The molecule has 2 heteroatoms. The molecule has 0 aliphatic carbocycles. The van der Waals surface area contributed by atoms with Crippen LogP contribution in [0.15, 0.2) is 18.2 Å². The van der Waals surface area contributed by atoms with Crippen molar-refractivity contribution in [3.05, 3.63) is 29.3 Å². The van der Waals surface area contributed by atoms with Crippen molar-refractivity contribution in [2.75, 3.05) is 13.2 Å². The lowest BCUT2D eigenvalue weighted by Gasteiger charge is -2.12. The van der Waals surface area contributed by atoms with Crippen LogP contribution >= 0.6 is 0 Å². The van der Waals surface area contributed by atoms with E-state index in [0.29, 0.717) is 12.0 Å². The topological polar surface area (TPSA) is 21.3 Å². The summed E-state index contributed by atoms with van der Waals surface area (Å²) in [4.78, 5) is 0. The lowest BCUT2D eigenvalue weighted by atomic mass is 10.0. The maximum atomic E-state index is 5.82. The Hall–Kier alpha value is -1.02. The fraction of sp³-hybridized carbons (Fsp3) is 0.625. The third kappa shape index (κ3) is 5.54. The molecule has 0 saturated heterocycles. The normalized spacial score (nSPS) is 11.3. The number of hydrogen-bond acceptors (Lipinski definition) is 2. The molecule has 0 aromatic heterocycles. The summed E-state index contributed by atoms with van der Waals surface area (Å²) in [7, 11) is 0. The van der Waals surface area contributed by atoms with E-state index in [-0.39, 0.29) is 0 Å². The summed E-state index contributed by atoms with van der Waals surface area (Å²) < 4.78 is 5.82. The smallest absolute Gasteiger partial charge is 0.119 e. The Bertz CT molecular complexity index is 358. The van der Waals surface area contributed by atoms with Crippen LogP contribution in [-0.2, 0) is 0 Å². The molecule has 0 spiro atoms. The summed E-state index contributed by atoms with van der Waals surface area (Å²) in [5.74, 6) is 1.55. The van der Waals surface area contributed by atoms with E-state index in [1.54, 1.807) is 0 Å². The van der Waals surface area contributed by atoms with Crippen molar-refractivity contribution in [3.63, 3.8) is 0 Å². The average Bonchev–Trinajstić information content (AvgIpc) is 2.27. The van der Waals surface area contributed by atoms with Crippen molar-refractivity contribution >= 4 is 0 Å². The van der Waals surface area contributed by atoms with Gasteiger partial charge in [0.25, 0.3) is 0 Å². The van der Waals surface area contributed by atoms with Crippen LogP contribution in [0.5, 0.6) is 5.75 Å². The highest BCUT2D eigenvalue weighted by Gasteiger charge is 2.03. The van der Waals surface area contributed by atoms with Crippen molar-refractivity contribution in [3.8, 4) is 5.75 Å². The molecule has 0 aliphatic heterocycles. The number of hydrogen-bond donors (Lipinski definition) is 1. The lowest BCUT2D eigenvalue weighted by molar-refractivity contribution is 0.305. The van der Waals surface area contributed by atoms with Gasteiger partial charge in [0.1, 0.15) is 5.75 Å². The molecule has 1 rings (SSSR count). The van der Waals surface area contributed by atoms with E-state index < -0.39 is 0 Å². The molecule has 0 bridgehead atoms. The maximum absolute atomic E-state index is 5.82. The highest BCUT2D eigenvalue weighted by molar-refractivity contribution is 5.35. The fourth-order valence-corrected chi connectivity index (χ4v) is 1.85. The van der Waals surface area contributed by atoms with Crippen molar-refractivity contribution in [2.45, 2.75) is 53.0 Å². The molecule has 2 nitrogen and oxygen atoms in total. The van der Waals surface area contributed by atoms with E-state index in [1.807, 2.05) is 0 Å². The zero-order valence-electron chi connectivity index (χ0n) is 12.4. The molecular weight excluding hydrogens is 222 g/mol. The van der Waals surface area contributed by atoms with Gasteiger partial charge in [-0.3, -0.25) is 0 Å². The van der Waals surface area contributed by atoms with Gasteiger partial charge in [-0.1, -0.05) is 33.8 Å². The van der Waals surface area contributed by atoms with Gasteiger partial charge in [-0.25, -0.2) is 0 Å². The van der Waals surface area contributed by atoms with Crippen molar-refractivity contribution < 1.29 is 4.74 Å². The van der Waals surface area contributed by atoms with Gasteiger partial charge in [0.2, 0.25) is 0 Å². The second-order valence-electron chi connectivity index (χ2n) is 5.54. The predicted octanol–water partition coefficient (Wildman–Crippen LogP) is 3.89. The van der Waals surface area contributed by atoms with Crippen LogP contribution in [0.1, 0.15) is 51.2 Å². The number of ether oxygens (including phenoxy) is 1. The van der Waals surface area contributed by atoms with Gasteiger partial charge in [-0.15, -0.1) is 0 Å². The van der Waals surface area contributed by atoms with Gasteiger partial charge < -0.3 is 10.1 Å². The molecule has 0 amide bonds. The van der Waals surface area contributed by atoms with Crippen LogP contribution in [0.2, 0.25) is 0 Å². The summed E-state index contributed by atoms with van der Waals surface area (Å²) in [6.07, 6.45) is 1.04. The summed E-state index contributed by atoms with van der Waals surface area (Å²) in [6, 6.07) is 7.06.